The Morgan fingerprint density at radius 2 is 2.05 bits per heavy atom. The van der Waals surface area contributed by atoms with E-state index >= 15 is 0 Å². The van der Waals surface area contributed by atoms with Gasteiger partial charge in [-0.15, -0.1) is 0 Å². The van der Waals surface area contributed by atoms with Gasteiger partial charge in [0.15, 0.2) is 18.2 Å². The first-order chi connectivity index (χ1) is 9.77. The number of hydrogen-bond acceptors (Lipinski definition) is 5. The van der Waals surface area contributed by atoms with E-state index in [-0.39, 0.29) is 13.0 Å². The second-order valence-corrected chi connectivity index (χ2v) is 5.31. The first kappa shape index (κ1) is 16.8. The lowest BCUT2D eigenvalue weighted by Crippen LogP contribution is -2.29. The normalized spacial score (nSPS) is 10.8. The van der Waals surface area contributed by atoms with Gasteiger partial charge in [0.25, 0.3) is 5.91 Å². The molecule has 7 nitrogen and oxygen atoms in total. The zero-order valence-corrected chi connectivity index (χ0v) is 11.4. The van der Waals surface area contributed by atoms with E-state index < -0.39 is 44.8 Å². The maximum Gasteiger partial charge on any atom is 0.257 e. The number of carbonyl (C=O) groups is 1. The van der Waals surface area contributed by atoms with E-state index in [0.29, 0.717) is 0 Å². The summed E-state index contributed by atoms with van der Waals surface area (Å²) in [5, 5.41) is 15.3. The predicted octanol–water partition coefficient (Wildman–Crippen LogP) is 0.0209. The summed E-state index contributed by atoms with van der Waals surface area (Å²) < 4.78 is 53.7. The molecule has 0 radical (unpaired) electrons. The van der Waals surface area contributed by atoms with Crippen LogP contribution in [-0.2, 0) is 14.8 Å². The van der Waals surface area contributed by atoms with Gasteiger partial charge < -0.3 is 10.1 Å². The average Bonchev–Trinajstić information content (AvgIpc) is 2.39. The van der Waals surface area contributed by atoms with Crippen LogP contribution in [0.1, 0.15) is 6.42 Å². The van der Waals surface area contributed by atoms with Gasteiger partial charge in [-0.3, -0.25) is 4.79 Å². The number of nitrogens with two attached hydrogens (primary N) is 1. The van der Waals surface area contributed by atoms with Crippen LogP contribution in [0, 0.1) is 23.0 Å². The van der Waals surface area contributed by atoms with Crippen molar-refractivity contribution in [2.24, 2.45) is 5.14 Å². The minimum Gasteiger partial charge on any atom is -0.481 e. The van der Waals surface area contributed by atoms with Gasteiger partial charge in [-0.05, 0) is 12.1 Å². The van der Waals surface area contributed by atoms with Gasteiger partial charge in [0.1, 0.15) is 4.90 Å². The van der Waals surface area contributed by atoms with Crippen LogP contribution in [0.25, 0.3) is 0 Å². The fourth-order valence-corrected chi connectivity index (χ4v) is 1.89. The molecule has 0 spiro atoms. The van der Waals surface area contributed by atoms with Crippen LogP contribution in [0.3, 0.4) is 0 Å². The minimum atomic E-state index is -4.40. The summed E-state index contributed by atoms with van der Waals surface area (Å²) in [6, 6.07) is 3.38. The van der Waals surface area contributed by atoms with Crippen LogP contribution in [0.15, 0.2) is 17.0 Å². The van der Waals surface area contributed by atoms with Crippen LogP contribution >= 0.6 is 0 Å². The molecule has 0 atom stereocenters. The Labute approximate surface area is 119 Å². The van der Waals surface area contributed by atoms with Gasteiger partial charge in [-0.2, -0.15) is 9.65 Å². The number of primary sulfonamides is 1. The number of carbonyl (C=O) groups excluding carboxylic acids is 1. The molecule has 1 aromatic rings. The Bertz CT molecular complexity index is 685. The van der Waals surface area contributed by atoms with E-state index in [2.05, 4.69) is 5.32 Å². The molecule has 0 heterocycles. The monoisotopic (exact) mass is 319 g/mol. The van der Waals surface area contributed by atoms with Crippen molar-refractivity contribution in [3.8, 4) is 11.8 Å². The molecule has 0 unspecified atom stereocenters. The van der Waals surface area contributed by atoms with Crippen molar-refractivity contribution in [2.75, 3.05) is 13.2 Å². The predicted molar refractivity (Wildman–Crippen MR) is 66.5 cm³/mol. The lowest BCUT2D eigenvalue weighted by Gasteiger charge is -2.09. The van der Waals surface area contributed by atoms with Gasteiger partial charge >= 0.3 is 0 Å². The molecular weight excluding hydrogens is 308 g/mol. The lowest BCUT2D eigenvalue weighted by atomic mass is 10.3. The van der Waals surface area contributed by atoms with Gasteiger partial charge in [0, 0.05) is 6.54 Å². The zero-order chi connectivity index (χ0) is 16.0. The highest BCUT2D eigenvalue weighted by molar-refractivity contribution is 7.89. The molecule has 0 bridgehead atoms. The molecule has 0 aromatic heterocycles. The van der Waals surface area contributed by atoms with Crippen LogP contribution in [0.4, 0.5) is 8.78 Å². The first-order valence-electron chi connectivity index (χ1n) is 5.54. The Kier molecular flexibility index (Phi) is 5.57. The third-order valence-corrected chi connectivity index (χ3v) is 3.16. The zero-order valence-electron chi connectivity index (χ0n) is 10.6. The first-order valence-corrected chi connectivity index (χ1v) is 7.09. The number of ether oxygens (including phenoxy) is 1. The second kappa shape index (κ2) is 6.96. The molecule has 0 aliphatic carbocycles. The van der Waals surface area contributed by atoms with Gasteiger partial charge in [-0.25, -0.2) is 17.9 Å². The Hall–Kier alpha value is -2.25. The molecule has 1 amide bonds. The molecule has 0 aliphatic heterocycles. The van der Waals surface area contributed by atoms with Crippen molar-refractivity contribution in [3.05, 3.63) is 23.8 Å². The van der Waals surface area contributed by atoms with Crippen molar-refractivity contribution in [3.63, 3.8) is 0 Å². The Morgan fingerprint density at radius 1 is 1.38 bits per heavy atom. The Morgan fingerprint density at radius 3 is 2.62 bits per heavy atom. The Balaban J connectivity index is 2.76. The van der Waals surface area contributed by atoms with Crippen LogP contribution in [0.5, 0.6) is 5.75 Å². The van der Waals surface area contributed by atoms with E-state index in [1.54, 1.807) is 6.07 Å². The van der Waals surface area contributed by atoms with Crippen molar-refractivity contribution in [1.29, 1.82) is 5.26 Å². The van der Waals surface area contributed by atoms with E-state index in [4.69, 9.17) is 15.1 Å². The van der Waals surface area contributed by atoms with E-state index in [1.807, 2.05) is 0 Å². The number of nitrogens with zero attached hydrogens (tertiary/aromatic N) is 1. The van der Waals surface area contributed by atoms with Crippen LogP contribution in [-0.4, -0.2) is 27.5 Å². The highest BCUT2D eigenvalue weighted by atomic mass is 32.2. The molecule has 0 fully saturated rings. The molecule has 21 heavy (non-hydrogen) atoms. The highest BCUT2D eigenvalue weighted by Crippen LogP contribution is 2.24. The minimum absolute atomic E-state index is 0.0950. The van der Waals surface area contributed by atoms with Crippen molar-refractivity contribution in [1.82, 2.24) is 5.32 Å². The number of benzene rings is 1. The summed E-state index contributed by atoms with van der Waals surface area (Å²) in [5.41, 5.74) is 0. The maximum atomic E-state index is 13.6. The SMILES string of the molecule is N#CCCNC(=O)COc1ccc(S(N)(=O)=O)c(F)c1F. The summed E-state index contributed by atoms with van der Waals surface area (Å²) in [5.74, 6) is -4.51. The summed E-state index contributed by atoms with van der Waals surface area (Å²) in [6.45, 7) is -0.517. The number of halogens is 2. The van der Waals surface area contributed by atoms with E-state index in [9.17, 15) is 22.0 Å². The van der Waals surface area contributed by atoms with Gasteiger partial charge in [-0.1, -0.05) is 0 Å². The quantitative estimate of drug-likeness (QED) is 0.716. The topological polar surface area (TPSA) is 122 Å². The van der Waals surface area contributed by atoms with Crippen molar-refractivity contribution in [2.45, 2.75) is 11.3 Å². The molecule has 1 aromatic carbocycles. The van der Waals surface area contributed by atoms with E-state index in [1.165, 1.54) is 0 Å². The van der Waals surface area contributed by atoms with Crippen molar-refractivity contribution >= 4 is 15.9 Å². The molecular formula is C11H11F2N3O4S. The number of sulfonamides is 1. The molecule has 0 saturated carbocycles. The fourth-order valence-electron chi connectivity index (χ4n) is 1.30. The summed E-state index contributed by atoms with van der Waals surface area (Å²) >= 11 is 0. The second-order valence-electron chi connectivity index (χ2n) is 3.78. The summed E-state index contributed by atoms with van der Waals surface area (Å²) in [6.07, 6.45) is 0.0950. The summed E-state index contributed by atoms with van der Waals surface area (Å²) in [4.78, 5) is 10.2. The number of nitriles is 1. The van der Waals surface area contributed by atoms with Gasteiger partial charge in [0.05, 0.1) is 12.5 Å². The average molecular weight is 319 g/mol. The van der Waals surface area contributed by atoms with Crippen molar-refractivity contribution < 1.29 is 26.7 Å². The number of nitrogens with one attached hydrogen (secondary N) is 1. The van der Waals surface area contributed by atoms with Crippen LogP contribution in [0.2, 0.25) is 0 Å². The third kappa shape index (κ3) is 4.66. The lowest BCUT2D eigenvalue weighted by molar-refractivity contribution is -0.123. The molecule has 114 valence electrons. The fraction of sp³-hybridized carbons (Fsp3) is 0.273. The van der Waals surface area contributed by atoms with Gasteiger partial charge in [0.2, 0.25) is 15.8 Å². The largest absolute Gasteiger partial charge is 0.481 e. The standard InChI is InChI=1S/C11H11F2N3O4S/c12-10-7(20-6-9(17)16-5-1-4-14)2-3-8(11(10)13)21(15,18)19/h2-3H,1,5-6H2,(H,16,17)(H2,15,18,19). The smallest absolute Gasteiger partial charge is 0.257 e. The summed E-state index contributed by atoms with van der Waals surface area (Å²) in [7, 11) is -4.40. The number of rotatable bonds is 6. The maximum absolute atomic E-state index is 13.6. The number of hydrogen-bond donors (Lipinski definition) is 2. The number of amides is 1. The molecule has 0 saturated heterocycles. The molecule has 10 heteroatoms. The molecule has 0 aliphatic rings. The van der Waals surface area contributed by atoms with E-state index in [0.717, 1.165) is 12.1 Å². The highest BCUT2D eigenvalue weighted by Gasteiger charge is 2.21. The molecule has 1 rings (SSSR count). The third-order valence-electron chi connectivity index (χ3n) is 2.24. The molecule has 3 N–H and O–H groups in total. The van der Waals surface area contributed by atoms with Crippen LogP contribution < -0.4 is 15.2 Å².